The monoisotopic (exact) mass is 361 g/mol. The average Bonchev–Trinajstić information content (AvgIpc) is 2.62. The molecule has 0 radical (unpaired) electrons. The van der Waals surface area contributed by atoms with E-state index in [4.69, 9.17) is 11.6 Å². The van der Waals surface area contributed by atoms with Crippen LogP contribution in [0.1, 0.15) is 6.42 Å². The van der Waals surface area contributed by atoms with Crippen LogP contribution < -0.4 is 10.2 Å². The van der Waals surface area contributed by atoms with Gasteiger partial charge in [0.1, 0.15) is 5.82 Å². The van der Waals surface area contributed by atoms with Crippen molar-refractivity contribution in [2.45, 2.75) is 6.42 Å². The second kappa shape index (κ2) is 8.21. The van der Waals surface area contributed by atoms with Crippen molar-refractivity contribution in [3.05, 3.63) is 59.4 Å². The quantitative estimate of drug-likeness (QED) is 0.883. The topological polar surface area (TPSA) is 35.6 Å². The van der Waals surface area contributed by atoms with Crippen molar-refractivity contribution < 1.29 is 9.18 Å². The number of carbonyl (C=O) groups excluding carboxylic acids is 1. The first kappa shape index (κ1) is 17.5. The van der Waals surface area contributed by atoms with Crippen molar-refractivity contribution in [1.29, 1.82) is 0 Å². The molecule has 1 aliphatic rings. The molecule has 2 aromatic rings. The summed E-state index contributed by atoms with van der Waals surface area (Å²) in [5.74, 6) is -0.101. The van der Waals surface area contributed by atoms with E-state index in [1.54, 1.807) is 12.1 Å². The lowest BCUT2D eigenvalue weighted by Crippen LogP contribution is -2.49. The number of anilines is 2. The number of carbonyl (C=O) groups is 1. The summed E-state index contributed by atoms with van der Waals surface area (Å²) in [5.41, 5.74) is 1.52. The lowest BCUT2D eigenvalue weighted by molar-refractivity contribution is -0.131. The zero-order chi connectivity index (χ0) is 17.6. The number of piperazine rings is 1. The van der Waals surface area contributed by atoms with Gasteiger partial charge in [-0.05, 0) is 30.3 Å². The molecule has 6 heteroatoms. The largest absolute Gasteiger partial charge is 0.384 e. The molecule has 132 valence electrons. The molecule has 0 aliphatic carbocycles. The Balaban J connectivity index is 1.45. The van der Waals surface area contributed by atoms with Gasteiger partial charge in [-0.2, -0.15) is 0 Å². The van der Waals surface area contributed by atoms with Gasteiger partial charge in [-0.3, -0.25) is 4.79 Å². The molecule has 1 amide bonds. The second-order valence-corrected chi connectivity index (χ2v) is 6.44. The van der Waals surface area contributed by atoms with E-state index < -0.39 is 0 Å². The molecule has 1 fully saturated rings. The first-order valence-corrected chi connectivity index (χ1v) is 8.78. The Bertz CT molecular complexity index is 732. The fourth-order valence-corrected chi connectivity index (χ4v) is 3.17. The molecule has 0 aromatic heterocycles. The van der Waals surface area contributed by atoms with Crippen molar-refractivity contribution in [3.63, 3.8) is 0 Å². The van der Waals surface area contributed by atoms with E-state index in [9.17, 15) is 9.18 Å². The SMILES string of the molecule is O=C(CCNc1cccc(Cl)c1)N1CCN(c2ccccc2F)CC1. The normalized spacial score (nSPS) is 14.5. The Morgan fingerprint density at radius 1 is 1.08 bits per heavy atom. The molecular formula is C19H21ClFN3O. The van der Waals surface area contributed by atoms with Crippen molar-refractivity contribution in [1.82, 2.24) is 4.90 Å². The predicted octanol–water partition coefficient (Wildman–Crippen LogP) is 3.63. The highest BCUT2D eigenvalue weighted by Gasteiger charge is 2.22. The number of hydrogen-bond donors (Lipinski definition) is 1. The lowest BCUT2D eigenvalue weighted by Gasteiger charge is -2.36. The molecular weight excluding hydrogens is 341 g/mol. The molecule has 0 saturated carbocycles. The minimum Gasteiger partial charge on any atom is -0.384 e. The van der Waals surface area contributed by atoms with Crippen molar-refractivity contribution in [2.24, 2.45) is 0 Å². The van der Waals surface area contributed by atoms with E-state index in [-0.39, 0.29) is 11.7 Å². The van der Waals surface area contributed by atoms with Crippen LogP contribution in [0.5, 0.6) is 0 Å². The van der Waals surface area contributed by atoms with Gasteiger partial charge in [-0.15, -0.1) is 0 Å². The number of para-hydroxylation sites is 1. The fraction of sp³-hybridized carbons (Fsp3) is 0.316. The van der Waals surface area contributed by atoms with Crippen LogP contribution in [0.25, 0.3) is 0 Å². The average molecular weight is 362 g/mol. The van der Waals surface area contributed by atoms with Gasteiger partial charge in [0.25, 0.3) is 0 Å². The first-order valence-electron chi connectivity index (χ1n) is 8.40. The molecule has 2 aromatic carbocycles. The summed E-state index contributed by atoms with van der Waals surface area (Å²) in [4.78, 5) is 16.2. The summed E-state index contributed by atoms with van der Waals surface area (Å²) in [5, 5.41) is 3.87. The van der Waals surface area contributed by atoms with Gasteiger partial charge in [-0.25, -0.2) is 4.39 Å². The van der Waals surface area contributed by atoms with Gasteiger partial charge in [0.15, 0.2) is 0 Å². The van der Waals surface area contributed by atoms with Crippen molar-refractivity contribution in [3.8, 4) is 0 Å². The summed E-state index contributed by atoms with van der Waals surface area (Å²) in [7, 11) is 0. The second-order valence-electron chi connectivity index (χ2n) is 6.01. The van der Waals surface area contributed by atoms with Gasteiger partial charge >= 0.3 is 0 Å². The van der Waals surface area contributed by atoms with Crippen LogP contribution in [0.2, 0.25) is 5.02 Å². The number of nitrogens with one attached hydrogen (secondary N) is 1. The maximum Gasteiger partial charge on any atom is 0.224 e. The summed E-state index contributed by atoms with van der Waals surface area (Å²) in [6.07, 6.45) is 0.423. The summed E-state index contributed by atoms with van der Waals surface area (Å²) < 4.78 is 13.8. The van der Waals surface area contributed by atoms with Crippen LogP contribution in [0.3, 0.4) is 0 Å². The van der Waals surface area contributed by atoms with E-state index in [0.717, 1.165) is 5.69 Å². The summed E-state index contributed by atoms with van der Waals surface area (Å²) >= 11 is 5.94. The smallest absolute Gasteiger partial charge is 0.224 e. The Kier molecular flexibility index (Phi) is 5.76. The number of rotatable bonds is 5. The molecule has 1 heterocycles. The van der Waals surface area contributed by atoms with E-state index in [1.807, 2.05) is 40.1 Å². The number of hydrogen-bond acceptors (Lipinski definition) is 3. The Morgan fingerprint density at radius 3 is 2.56 bits per heavy atom. The highest BCUT2D eigenvalue weighted by atomic mass is 35.5. The Morgan fingerprint density at radius 2 is 1.84 bits per heavy atom. The highest BCUT2D eigenvalue weighted by molar-refractivity contribution is 6.30. The minimum atomic E-state index is -0.215. The maximum atomic E-state index is 13.8. The minimum absolute atomic E-state index is 0.114. The van der Waals surface area contributed by atoms with Crippen LogP contribution >= 0.6 is 11.6 Å². The van der Waals surface area contributed by atoms with Crippen molar-refractivity contribution >= 4 is 28.9 Å². The van der Waals surface area contributed by atoms with Crippen LogP contribution in [-0.4, -0.2) is 43.5 Å². The fourth-order valence-electron chi connectivity index (χ4n) is 2.98. The summed E-state index contributed by atoms with van der Waals surface area (Å²) in [6, 6.07) is 14.2. The zero-order valence-corrected chi connectivity index (χ0v) is 14.7. The third kappa shape index (κ3) is 4.63. The van der Waals surface area contributed by atoms with Gasteiger partial charge < -0.3 is 15.1 Å². The lowest BCUT2D eigenvalue weighted by atomic mass is 10.2. The molecule has 1 saturated heterocycles. The van der Waals surface area contributed by atoms with Gasteiger partial charge in [0.05, 0.1) is 5.69 Å². The molecule has 3 rings (SSSR count). The Labute approximate surface area is 152 Å². The first-order chi connectivity index (χ1) is 12.1. The van der Waals surface area contributed by atoms with E-state index in [2.05, 4.69) is 5.32 Å². The van der Waals surface area contributed by atoms with Crippen molar-refractivity contribution in [2.75, 3.05) is 42.9 Å². The molecule has 25 heavy (non-hydrogen) atoms. The van der Waals surface area contributed by atoms with Crippen LogP contribution in [0.15, 0.2) is 48.5 Å². The van der Waals surface area contributed by atoms with Gasteiger partial charge in [-0.1, -0.05) is 29.8 Å². The highest BCUT2D eigenvalue weighted by Crippen LogP contribution is 2.20. The predicted molar refractivity (Wildman–Crippen MR) is 99.8 cm³/mol. The molecule has 0 bridgehead atoms. The van der Waals surface area contributed by atoms with E-state index in [1.165, 1.54) is 6.07 Å². The molecule has 0 unspecified atom stereocenters. The molecule has 0 atom stereocenters. The standard InChI is InChI=1S/C19H21ClFN3O/c20-15-4-3-5-16(14-15)22-9-8-19(25)24-12-10-23(11-13-24)18-7-2-1-6-17(18)21/h1-7,14,22H,8-13H2. The number of benzene rings is 2. The molecule has 4 nitrogen and oxygen atoms in total. The number of amides is 1. The van der Waals surface area contributed by atoms with Crippen LogP contribution in [-0.2, 0) is 4.79 Å². The van der Waals surface area contributed by atoms with Gasteiger partial charge in [0, 0.05) is 49.9 Å². The number of halogens is 2. The van der Waals surface area contributed by atoms with E-state index in [0.29, 0.717) is 49.9 Å². The zero-order valence-electron chi connectivity index (χ0n) is 13.9. The van der Waals surface area contributed by atoms with Gasteiger partial charge in [0.2, 0.25) is 5.91 Å². The van der Waals surface area contributed by atoms with Crippen LogP contribution in [0, 0.1) is 5.82 Å². The number of nitrogens with zero attached hydrogens (tertiary/aromatic N) is 2. The maximum absolute atomic E-state index is 13.8. The van der Waals surface area contributed by atoms with E-state index >= 15 is 0 Å². The third-order valence-corrected chi connectivity index (χ3v) is 4.55. The molecule has 1 N–H and O–H groups in total. The summed E-state index contributed by atoms with van der Waals surface area (Å²) in [6.45, 7) is 3.09. The third-order valence-electron chi connectivity index (χ3n) is 4.32. The van der Waals surface area contributed by atoms with Crippen LogP contribution in [0.4, 0.5) is 15.8 Å². The molecule has 0 spiro atoms. The Hall–Kier alpha value is -2.27. The molecule has 1 aliphatic heterocycles.